The smallest absolute Gasteiger partial charge is 0.236 e. The number of piperazine rings is 1. The molecule has 0 aromatic heterocycles. The van der Waals surface area contributed by atoms with Crippen LogP contribution in [0.5, 0.6) is 0 Å². The minimum Gasteiger partial charge on any atom is -0.339 e. The second-order valence-electron chi connectivity index (χ2n) is 5.21. The van der Waals surface area contributed by atoms with Crippen LogP contribution in [0.4, 0.5) is 0 Å². The Kier molecular flexibility index (Phi) is 7.23. The molecule has 0 aromatic carbocycles. The van der Waals surface area contributed by atoms with E-state index in [1.165, 1.54) is 0 Å². The van der Waals surface area contributed by atoms with Crippen molar-refractivity contribution >= 4 is 5.91 Å². The molecule has 0 aliphatic carbocycles. The predicted molar refractivity (Wildman–Crippen MR) is 74.7 cm³/mol. The Labute approximate surface area is 111 Å². The molecule has 5 nitrogen and oxygen atoms in total. The number of nitrogens with zero attached hydrogens (tertiary/aromatic N) is 3. The average Bonchev–Trinajstić information content (AvgIpc) is 2.37. The molecule has 1 amide bonds. The van der Waals surface area contributed by atoms with Gasteiger partial charge in [-0.1, -0.05) is 6.92 Å². The van der Waals surface area contributed by atoms with Gasteiger partial charge in [-0.25, -0.2) is 0 Å². The summed E-state index contributed by atoms with van der Waals surface area (Å²) in [5.41, 5.74) is 0. The van der Waals surface area contributed by atoms with E-state index in [1.807, 2.05) is 4.90 Å². The second kappa shape index (κ2) is 8.45. The van der Waals surface area contributed by atoms with Crippen LogP contribution in [-0.4, -0.2) is 87.1 Å². The van der Waals surface area contributed by atoms with E-state index in [0.29, 0.717) is 6.54 Å². The van der Waals surface area contributed by atoms with Gasteiger partial charge < -0.3 is 15.1 Å². The molecule has 0 atom stereocenters. The summed E-state index contributed by atoms with van der Waals surface area (Å²) in [4.78, 5) is 18.6. The molecule has 1 fully saturated rings. The Morgan fingerprint density at radius 3 is 2.39 bits per heavy atom. The van der Waals surface area contributed by atoms with E-state index in [2.05, 4.69) is 36.1 Å². The lowest BCUT2D eigenvalue weighted by Gasteiger charge is -2.30. The summed E-state index contributed by atoms with van der Waals surface area (Å²) < 4.78 is 0. The molecule has 18 heavy (non-hydrogen) atoms. The number of amides is 1. The summed E-state index contributed by atoms with van der Waals surface area (Å²) in [6.45, 7) is 9.28. The minimum absolute atomic E-state index is 0.281. The topological polar surface area (TPSA) is 38.8 Å². The van der Waals surface area contributed by atoms with Crippen molar-refractivity contribution in [3.8, 4) is 0 Å². The van der Waals surface area contributed by atoms with Gasteiger partial charge in [-0.15, -0.1) is 0 Å². The fourth-order valence-corrected chi connectivity index (χ4v) is 2.13. The molecule has 0 radical (unpaired) electrons. The summed E-state index contributed by atoms with van der Waals surface area (Å²) in [6.07, 6.45) is 1.10. The Bertz CT molecular complexity index is 239. The van der Waals surface area contributed by atoms with Crippen molar-refractivity contribution < 1.29 is 4.79 Å². The van der Waals surface area contributed by atoms with E-state index >= 15 is 0 Å². The van der Waals surface area contributed by atoms with Crippen LogP contribution < -0.4 is 5.32 Å². The fraction of sp³-hybridized carbons (Fsp3) is 0.923. The number of nitrogens with one attached hydrogen (secondary N) is 1. The maximum atomic E-state index is 12.2. The van der Waals surface area contributed by atoms with Crippen molar-refractivity contribution in [1.82, 2.24) is 20.0 Å². The lowest BCUT2D eigenvalue weighted by Crippen LogP contribution is -2.50. The van der Waals surface area contributed by atoms with Crippen molar-refractivity contribution in [2.24, 2.45) is 0 Å². The monoisotopic (exact) mass is 256 g/mol. The van der Waals surface area contributed by atoms with Gasteiger partial charge in [0.2, 0.25) is 5.91 Å². The Hall–Kier alpha value is -0.650. The highest BCUT2D eigenvalue weighted by atomic mass is 16.2. The number of hydrogen-bond donors (Lipinski definition) is 1. The molecule has 0 spiro atoms. The van der Waals surface area contributed by atoms with Crippen molar-refractivity contribution in [2.45, 2.75) is 13.3 Å². The van der Waals surface area contributed by atoms with Crippen LogP contribution in [0, 0.1) is 0 Å². The van der Waals surface area contributed by atoms with Gasteiger partial charge in [0.15, 0.2) is 0 Å². The first-order valence-corrected chi connectivity index (χ1v) is 6.99. The third-order valence-corrected chi connectivity index (χ3v) is 3.23. The number of carbonyl (C=O) groups excluding carboxylic acids is 1. The lowest BCUT2D eigenvalue weighted by molar-refractivity contribution is -0.133. The van der Waals surface area contributed by atoms with Gasteiger partial charge in [-0.2, -0.15) is 0 Å². The summed E-state index contributed by atoms with van der Waals surface area (Å²) in [6, 6.07) is 0. The van der Waals surface area contributed by atoms with Crippen molar-refractivity contribution in [3.63, 3.8) is 0 Å². The molecule has 0 aromatic rings. The zero-order chi connectivity index (χ0) is 13.4. The SMILES string of the molecule is CCCN(CCN(C)C)CC(=O)N1CCNCC1. The molecule has 0 bridgehead atoms. The van der Waals surface area contributed by atoms with Crippen molar-refractivity contribution in [3.05, 3.63) is 0 Å². The van der Waals surface area contributed by atoms with Crippen LogP contribution in [0.25, 0.3) is 0 Å². The molecule has 106 valence electrons. The number of carbonyl (C=O) groups is 1. The van der Waals surface area contributed by atoms with E-state index < -0.39 is 0 Å². The molecule has 1 rings (SSSR count). The van der Waals surface area contributed by atoms with Crippen LogP contribution in [0.1, 0.15) is 13.3 Å². The highest BCUT2D eigenvalue weighted by Gasteiger charge is 2.18. The molecule has 5 heteroatoms. The number of hydrogen-bond acceptors (Lipinski definition) is 4. The van der Waals surface area contributed by atoms with Crippen LogP contribution in [0.2, 0.25) is 0 Å². The van der Waals surface area contributed by atoms with E-state index in [4.69, 9.17) is 0 Å². The first-order valence-electron chi connectivity index (χ1n) is 6.99. The van der Waals surface area contributed by atoms with Crippen LogP contribution in [0.15, 0.2) is 0 Å². The summed E-state index contributed by atoms with van der Waals surface area (Å²) in [7, 11) is 4.14. The average molecular weight is 256 g/mol. The van der Waals surface area contributed by atoms with Gasteiger partial charge >= 0.3 is 0 Å². The van der Waals surface area contributed by atoms with Gasteiger partial charge in [0.25, 0.3) is 0 Å². The molecule has 1 aliphatic rings. The molecule has 0 unspecified atom stereocenters. The van der Waals surface area contributed by atoms with E-state index in [-0.39, 0.29) is 5.91 Å². The Morgan fingerprint density at radius 1 is 1.17 bits per heavy atom. The molecule has 1 aliphatic heterocycles. The predicted octanol–water partition coefficient (Wildman–Crippen LogP) is -0.308. The first kappa shape index (κ1) is 15.4. The highest BCUT2D eigenvalue weighted by molar-refractivity contribution is 5.78. The summed E-state index contributed by atoms with van der Waals surface area (Å²) >= 11 is 0. The Morgan fingerprint density at radius 2 is 1.83 bits per heavy atom. The van der Waals surface area contributed by atoms with Gasteiger partial charge in [-0.3, -0.25) is 9.69 Å². The van der Waals surface area contributed by atoms with Gasteiger partial charge in [-0.05, 0) is 27.1 Å². The summed E-state index contributed by atoms with van der Waals surface area (Å²) in [5, 5.41) is 3.27. The number of likely N-dealkylation sites (N-methyl/N-ethyl adjacent to an activating group) is 1. The van der Waals surface area contributed by atoms with Gasteiger partial charge in [0.1, 0.15) is 0 Å². The quantitative estimate of drug-likeness (QED) is 0.678. The fourth-order valence-electron chi connectivity index (χ4n) is 2.13. The molecular formula is C13H28N4O. The number of rotatable bonds is 7. The molecular weight excluding hydrogens is 228 g/mol. The van der Waals surface area contributed by atoms with Gasteiger partial charge in [0, 0.05) is 39.3 Å². The molecule has 1 heterocycles. The zero-order valence-electron chi connectivity index (χ0n) is 12.1. The van der Waals surface area contributed by atoms with Crippen LogP contribution in [-0.2, 0) is 4.79 Å². The van der Waals surface area contributed by atoms with Gasteiger partial charge in [0.05, 0.1) is 6.54 Å². The van der Waals surface area contributed by atoms with Crippen molar-refractivity contribution in [2.75, 3.05) is 66.5 Å². The maximum absolute atomic E-state index is 12.2. The van der Waals surface area contributed by atoms with E-state index in [0.717, 1.165) is 52.2 Å². The van der Waals surface area contributed by atoms with Crippen LogP contribution >= 0.6 is 0 Å². The standard InChI is InChI=1S/C13H28N4O/c1-4-7-16(11-10-15(2)3)12-13(18)17-8-5-14-6-9-17/h14H,4-12H2,1-3H3. The van der Waals surface area contributed by atoms with E-state index in [9.17, 15) is 4.79 Å². The normalized spacial score (nSPS) is 16.6. The third-order valence-electron chi connectivity index (χ3n) is 3.23. The Balaban J connectivity index is 2.35. The van der Waals surface area contributed by atoms with Crippen molar-refractivity contribution in [1.29, 1.82) is 0 Å². The molecule has 0 saturated carbocycles. The minimum atomic E-state index is 0.281. The van der Waals surface area contributed by atoms with E-state index in [1.54, 1.807) is 0 Å². The molecule has 1 saturated heterocycles. The third kappa shape index (κ3) is 5.80. The zero-order valence-corrected chi connectivity index (χ0v) is 12.1. The largest absolute Gasteiger partial charge is 0.339 e. The maximum Gasteiger partial charge on any atom is 0.236 e. The first-order chi connectivity index (χ1) is 8.63. The molecule has 1 N–H and O–H groups in total. The lowest BCUT2D eigenvalue weighted by atomic mass is 10.3. The summed E-state index contributed by atoms with van der Waals surface area (Å²) in [5.74, 6) is 0.281. The highest BCUT2D eigenvalue weighted by Crippen LogP contribution is 1.98. The van der Waals surface area contributed by atoms with Crippen LogP contribution in [0.3, 0.4) is 0 Å². The second-order valence-corrected chi connectivity index (χ2v) is 5.21.